The van der Waals surface area contributed by atoms with E-state index in [1.807, 2.05) is 31.2 Å². The smallest absolute Gasteiger partial charge is 0.254 e. The maximum absolute atomic E-state index is 13.3. The number of carbonyl (C=O) groups is 1. The molecule has 3 nitrogen and oxygen atoms in total. The molecule has 2 aromatic carbocycles. The van der Waals surface area contributed by atoms with Gasteiger partial charge >= 0.3 is 0 Å². The van der Waals surface area contributed by atoms with Gasteiger partial charge < -0.3 is 10.2 Å². The van der Waals surface area contributed by atoms with Gasteiger partial charge in [0.25, 0.3) is 5.91 Å². The van der Waals surface area contributed by atoms with Crippen LogP contribution >= 0.6 is 12.4 Å². The summed E-state index contributed by atoms with van der Waals surface area (Å²) >= 11 is 0. The first kappa shape index (κ1) is 17.4. The van der Waals surface area contributed by atoms with Crippen molar-refractivity contribution in [3.63, 3.8) is 0 Å². The highest BCUT2D eigenvalue weighted by Crippen LogP contribution is 2.19. The molecule has 0 saturated carbocycles. The Balaban J connectivity index is 0.00000192. The monoisotopic (exact) mass is 334 g/mol. The quantitative estimate of drug-likeness (QED) is 0.928. The Morgan fingerprint density at radius 2 is 1.96 bits per heavy atom. The van der Waals surface area contributed by atoms with Crippen molar-refractivity contribution < 1.29 is 9.18 Å². The Morgan fingerprint density at radius 1 is 1.17 bits per heavy atom. The third-order valence-corrected chi connectivity index (χ3v) is 4.02. The maximum Gasteiger partial charge on any atom is 0.254 e. The van der Waals surface area contributed by atoms with Gasteiger partial charge in [0.1, 0.15) is 5.82 Å². The summed E-state index contributed by atoms with van der Waals surface area (Å²) in [5.41, 5.74) is 3.94. The normalized spacial score (nSPS) is 12.4. The average molecular weight is 335 g/mol. The fourth-order valence-electron chi connectivity index (χ4n) is 2.79. The molecule has 5 heteroatoms. The Labute approximate surface area is 141 Å². The first-order chi connectivity index (χ1) is 10.7. The van der Waals surface area contributed by atoms with Crippen molar-refractivity contribution in [1.82, 2.24) is 10.2 Å². The molecule has 1 aliphatic heterocycles. The fourth-order valence-corrected chi connectivity index (χ4v) is 2.79. The van der Waals surface area contributed by atoms with Crippen LogP contribution < -0.4 is 5.32 Å². The van der Waals surface area contributed by atoms with E-state index in [1.54, 1.807) is 11.0 Å². The van der Waals surface area contributed by atoms with Gasteiger partial charge in [-0.2, -0.15) is 0 Å². The lowest BCUT2D eigenvalue weighted by Gasteiger charge is -2.21. The maximum atomic E-state index is 13.3. The summed E-state index contributed by atoms with van der Waals surface area (Å²) in [7, 11) is 0. The van der Waals surface area contributed by atoms with Crippen molar-refractivity contribution in [3.8, 4) is 0 Å². The minimum atomic E-state index is -0.274. The van der Waals surface area contributed by atoms with Crippen LogP contribution in [0.2, 0.25) is 0 Å². The third-order valence-electron chi connectivity index (χ3n) is 4.02. The van der Waals surface area contributed by atoms with E-state index in [2.05, 4.69) is 5.32 Å². The number of hydrogen-bond donors (Lipinski definition) is 1. The second kappa shape index (κ2) is 7.57. The average Bonchev–Trinajstić information content (AvgIpc) is 2.99. The molecule has 0 atom stereocenters. The number of nitrogens with one attached hydrogen (secondary N) is 1. The van der Waals surface area contributed by atoms with Gasteiger partial charge in [-0.1, -0.05) is 18.2 Å². The molecule has 122 valence electrons. The van der Waals surface area contributed by atoms with Crippen LogP contribution in [0.1, 0.15) is 34.0 Å². The Bertz CT molecular complexity index is 705. The zero-order chi connectivity index (χ0) is 15.5. The zero-order valence-electron chi connectivity index (χ0n) is 13.0. The van der Waals surface area contributed by atoms with Crippen LogP contribution in [0.25, 0.3) is 0 Å². The number of rotatable bonds is 4. The van der Waals surface area contributed by atoms with E-state index >= 15 is 0 Å². The number of fused-ring (bicyclic) bond motifs is 1. The molecule has 1 amide bonds. The highest BCUT2D eigenvalue weighted by Gasteiger charge is 2.18. The molecule has 0 radical (unpaired) electrons. The number of nitrogens with zero attached hydrogens (tertiary/aromatic N) is 1. The summed E-state index contributed by atoms with van der Waals surface area (Å²) in [5.74, 6) is -0.286. The van der Waals surface area contributed by atoms with Gasteiger partial charge in [-0.05, 0) is 47.9 Å². The van der Waals surface area contributed by atoms with Gasteiger partial charge in [0.15, 0.2) is 0 Å². The van der Waals surface area contributed by atoms with Crippen LogP contribution in [-0.2, 0) is 19.6 Å². The van der Waals surface area contributed by atoms with Crippen molar-refractivity contribution in [1.29, 1.82) is 0 Å². The molecule has 0 bridgehead atoms. The van der Waals surface area contributed by atoms with Crippen LogP contribution in [0.3, 0.4) is 0 Å². The number of carbonyl (C=O) groups excluding carboxylic acids is 1. The molecule has 3 rings (SSSR count). The molecule has 1 aliphatic rings. The molecule has 1 N–H and O–H groups in total. The summed E-state index contributed by atoms with van der Waals surface area (Å²) in [6, 6.07) is 12.3. The van der Waals surface area contributed by atoms with E-state index in [9.17, 15) is 9.18 Å². The molecule has 0 unspecified atom stereocenters. The van der Waals surface area contributed by atoms with E-state index in [1.165, 1.54) is 23.3 Å². The number of amides is 1. The van der Waals surface area contributed by atoms with E-state index in [0.717, 1.165) is 18.7 Å². The summed E-state index contributed by atoms with van der Waals surface area (Å²) in [6.07, 6.45) is 0. The molecule has 2 aromatic rings. The van der Waals surface area contributed by atoms with Crippen LogP contribution in [0.4, 0.5) is 4.39 Å². The van der Waals surface area contributed by atoms with Gasteiger partial charge in [-0.3, -0.25) is 4.79 Å². The molecular weight excluding hydrogens is 315 g/mol. The van der Waals surface area contributed by atoms with Gasteiger partial charge in [-0.25, -0.2) is 4.39 Å². The van der Waals surface area contributed by atoms with Crippen LogP contribution in [0.5, 0.6) is 0 Å². The van der Waals surface area contributed by atoms with E-state index < -0.39 is 0 Å². The molecule has 0 aromatic heterocycles. The molecule has 1 heterocycles. The van der Waals surface area contributed by atoms with Gasteiger partial charge in [-0.15, -0.1) is 12.4 Å². The van der Waals surface area contributed by atoms with Crippen molar-refractivity contribution in [2.45, 2.75) is 26.6 Å². The highest BCUT2D eigenvalue weighted by atomic mass is 35.5. The van der Waals surface area contributed by atoms with E-state index in [4.69, 9.17) is 0 Å². The minimum Gasteiger partial charge on any atom is -0.335 e. The Kier molecular flexibility index (Phi) is 5.74. The molecule has 23 heavy (non-hydrogen) atoms. The second-order valence-electron chi connectivity index (χ2n) is 5.54. The number of hydrogen-bond acceptors (Lipinski definition) is 2. The lowest BCUT2D eigenvalue weighted by Crippen LogP contribution is -2.30. The lowest BCUT2D eigenvalue weighted by atomic mass is 10.1. The zero-order valence-corrected chi connectivity index (χ0v) is 13.8. The number of benzene rings is 2. The van der Waals surface area contributed by atoms with E-state index in [0.29, 0.717) is 18.7 Å². The summed E-state index contributed by atoms with van der Waals surface area (Å²) < 4.78 is 13.3. The fraction of sp³-hybridized carbons (Fsp3) is 0.278. The standard InChI is InChI=1S/C18H19FN2O.ClH/c1-2-21(12-13-4-3-5-17(19)8-13)18(22)14-6-7-15-10-20-11-16(15)9-14;/h3-9,20H,2,10-12H2,1H3;1H. The summed E-state index contributed by atoms with van der Waals surface area (Å²) in [5, 5.41) is 3.28. The largest absolute Gasteiger partial charge is 0.335 e. The molecule has 0 spiro atoms. The molecular formula is C18H20ClFN2O. The van der Waals surface area contributed by atoms with Crippen molar-refractivity contribution in [3.05, 3.63) is 70.5 Å². The second-order valence-corrected chi connectivity index (χ2v) is 5.54. The topological polar surface area (TPSA) is 32.3 Å². The van der Waals surface area contributed by atoms with Gasteiger partial charge in [0, 0.05) is 31.7 Å². The molecule has 0 aliphatic carbocycles. The molecule has 0 saturated heterocycles. The van der Waals surface area contributed by atoms with Crippen LogP contribution in [0.15, 0.2) is 42.5 Å². The number of halogens is 2. The van der Waals surface area contributed by atoms with Crippen LogP contribution in [-0.4, -0.2) is 17.4 Å². The summed E-state index contributed by atoms with van der Waals surface area (Å²) in [4.78, 5) is 14.4. The van der Waals surface area contributed by atoms with Crippen molar-refractivity contribution in [2.24, 2.45) is 0 Å². The van der Waals surface area contributed by atoms with Gasteiger partial charge in [0.05, 0.1) is 0 Å². The van der Waals surface area contributed by atoms with Crippen molar-refractivity contribution in [2.75, 3.05) is 6.54 Å². The minimum absolute atomic E-state index is 0. The van der Waals surface area contributed by atoms with E-state index in [-0.39, 0.29) is 24.1 Å². The van der Waals surface area contributed by atoms with Crippen LogP contribution in [0, 0.1) is 5.82 Å². The summed E-state index contributed by atoms with van der Waals surface area (Å²) in [6.45, 7) is 4.62. The Morgan fingerprint density at radius 3 is 2.70 bits per heavy atom. The SMILES string of the molecule is CCN(Cc1cccc(F)c1)C(=O)c1ccc2c(c1)CNC2.Cl. The lowest BCUT2D eigenvalue weighted by molar-refractivity contribution is 0.0752. The predicted octanol–water partition coefficient (Wildman–Crippen LogP) is 3.51. The van der Waals surface area contributed by atoms with Gasteiger partial charge in [0.2, 0.25) is 0 Å². The predicted molar refractivity (Wildman–Crippen MR) is 91.0 cm³/mol. The highest BCUT2D eigenvalue weighted by molar-refractivity contribution is 5.94. The first-order valence-electron chi connectivity index (χ1n) is 7.53. The van der Waals surface area contributed by atoms with Crippen molar-refractivity contribution >= 4 is 18.3 Å². The first-order valence-corrected chi connectivity index (χ1v) is 7.53. The molecule has 0 fully saturated rings. The third kappa shape index (κ3) is 3.89. The Hall–Kier alpha value is -1.91.